The molecule has 0 aliphatic carbocycles. The molecular weight excluding hydrogens is 228 g/mol. The summed E-state index contributed by atoms with van der Waals surface area (Å²) in [7, 11) is 3.87. The molecule has 0 amide bonds. The summed E-state index contributed by atoms with van der Waals surface area (Å²) >= 11 is 0. The molecule has 4 nitrogen and oxygen atoms in total. The van der Waals surface area contributed by atoms with Crippen LogP contribution in [0.1, 0.15) is 52.9 Å². The number of rotatable bonds is 10. The first-order valence-corrected chi connectivity index (χ1v) is 7.09. The molecule has 18 heavy (non-hydrogen) atoms. The van der Waals surface area contributed by atoms with Crippen LogP contribution in [0.4, 0.5) is 0 Å². The number of hydrogen-bond donors (Lipinski definition) is 2. The second-order valence-electron chi connectivity index (χ2n) is 5.05. The summed E-state index contributed by atoms with van der Waals surface area (Å²) in [6.07, 6.45) is 4.51. The van der Waals surface area contributed by atoms with Crippen LogP contribution in [0.2, 0.25) is 0 Å². The number of aliphatic carboxylic acids is 1. The van der Waals surface area contributed by atoms with Gasteiger partial charge < -0.3 is 15.3 Å². The maximum atomic E-state index is 11.3. The van der Waals surface area contributed by atoms with Gasteiger partial charge in [0, 0.05) is 6.04 Å². The predicted octanol–water partition coefficient (Wildman–Crippen LogP) is 2.34. The third-order valence-corrected chi connectivity index (χ3v) is 4.17. The highest BCUT2D eigenvalue weighted by atomic mass is 16.4. The molecule has 0 saturated heterocycles. The molecule has 2 N–H and O–H groups in total. The molecule has 0 aromatic rings. The largest absolute Gasteiger partial charge is 0.480 e. The predicted molar refractivity (Wildman–Crippen MR) is 76.0 cm³/mol. The van der Waals surface area contributed by atoms with Crippen molar-refractivity contribution >= 4 is 5.97 Å². The van der Waals surface area contributed by atoms with E-state index in [1.807, 2.05) is 6.92 Å². The molecule has 0 radical (unpaired) electrons. The van der Waals surface area contributed by atoms with Gasteiger partial charge in [-0.15, -0.1) is 0 Å². The lowest BCUT2D eigenvalue weighted by Gasteiger charge is -2.30. The van der Waals surface area contributed by atoms with Crippen LogP contribution in [-0.2, 0) is 4.79 Å². The highest BCUT2D eigenvalue weighted by molar-refractivity contribution is 5.78. The molecule has 0 rings (SSSR count). The van der Waals surface area contributed by atoms with Gasteiger partial charge in [-0.05, 0) is 52.7 Å². The van der Waals surface area contributed by atoms with Crippen LogP contribution in [0.25, 0.3) is 0 Å². The number of carboxylic acid groups (broad SMARTS) is 1. The molecule has 4 heteroatoms. The average molecular weight is 258 g/mol. The lowest BCUT2D eigenvalue weighted by atomic mass is 9.90. The molecule has 0 aromatic carbocycles. The van der Waals surface area contributed by atoms with Crippen molar-refractivity contribution in [2.45, 2.75) is 64.5 Å². The van der Waals surface area contributed by atoms with Crippen LogP contribution < -0.4 is 5.32 Å². The molecular formula is C14H30N2O2. The van der Waals surface area contributed by atoms with Gasteiger partial charge in [0.2, 0.25) is 0 Å². The third-order valence-electron chi connectivity index (χ3n) is 4.17. The molecule has 1 unspecified atom stereocenters. The van der Waals surface area contributed by atoms with Crippen LogP contribution >= 0.6 is 0 Å². The van der Waals surface area contributed by atoms with Crippen molar-refractivity contribution in [1.82, 2.24) is 10.2 Å². The summed E-state index contributed by atoms with van der Waals surface area (Å²) in [5.74, 6) is -0.738. The summed E-state index contributed by atoms with van der Waals surface area (Å²) in [4.78, 5) is 13.7. The molecule has 0 fully saturated rings. The Morgan fingerprint density at radius 3 is 2.22 bits per heavy atom. The fourth-order valence-corrected chi connectivity index (χ4v) is 2.57. The van der Waals surface area contributed by atoms with Crippen LogP contribution in [0.15, 0.2) is 0 Å². The van der Waals surface area contributed by atoms with Crippen molar-refractivity contribution in [1.29, 1.82) is 0 Å². The van der Waals surface area contributed by atoms with Crippen LogP contribution in [0.5, 0.6) is 0 Å². The molecule has 1 atom stereocenters. The minimum atomic E-state index is -0.755. The Balaban J connectivity index is 4.26. The summed E-state index contributed by atoms with van der Waals surface area (Å²) in [5, 5.41) is 12.3. The Morgan fingerprint density at radius 1 is 1.33 bits per heavy atom. The van der Waals surface area contributed by atoms with Gasteiger partial charge in [-0.25, -0.2) is 0 Å². The van der Waals surface area contributed by atoms with Gasteiger partial charge in [0.1, 0.15) is 5.54 Å². The van der Waals surface area contributed by atoms with Crippen LogP contribution in [0, 0.1) is 0 Å². The Morgan fingerprint density at radius 2 is 1.89 bits per heavy atom. The number of hydrogen-bond acceptors (Lipinski definition) is 3. The van der Waals surface area contributed by atoms with E-state index >= 15 is 0 Å². The van der Waals surface area contributed by atoms with E-state index in [0.717, 1.165) is 25.8 Å². The number of carboxylic acids is 1. The van der Waals surface area contributed by atoms with Gasteiger partial charge in [0.05, 0.1) is 0 Å². The fraction of sp³-hybridized carbons (Fsp3) is 0.929. The lowest BCUT2D eigenvalue weighted by molar-refractivity contribution is -0.145. The first kappa shape index (κ1) is 17.4. The SMILES string of the molecule is CCC(CC)N(C)CCCC(CC)(NC)C(=O)O. The Bertz CT molecular complexity index is 236. The van der Waals surface area contributed by atoms with Crippen molar-refractivity contribution < 1.29 is 9.90 Å². The number of nitrogens with one attached hydrogen (secondary N) is 1. The topological polar surface area (TPSA) is 52.6 Å². The van der Waals surface area contributed by atoms with E-state index in [4.69, 9.17) is 0 Å². The lowest BCUT2D eigenvalue weighted by Crippen LogP contribution is -2.50. The Kier molecular flexibility index (Phi) is 8.20. The maximum absolute atomic E-state index is 11.3. The van der Waals surface area contributed by atoms with E-state index < -0.39 is 11.5 Å². The quantitative estimate of drug-likeness (QED) is 0.631. The van der Waals surface area contributed by atoms with Gasteiger partial charge in [-0.1, -0.05) is 20.8 Å². The van der Waals surface area contributed by atoms with Crippen molar-refractivity contribution in [3.05, 3.63) is 0 Å². The number of likely N-dealkylation sites (N-methyl/N-ethyl adjacent to an activating group) is 1. The highest BCUT2D eigenvalue weighted by Gasteiger charge is 2.34. The van der Waals surface area contributed by atoms with Gasteiger partial charge in [0.25, 0.3) is 0 Å². The molecule has 108 valence electrons. The summed E-state index contributed by atoms with van der Waals surface area (Å²) in [6.45, 7) is 7.29. The molecule has 0 saturated carbocycles. The standard InChI is InChI=1S/C14H30N2O2/c1-6-12(7-2)16(5)11-9-10-14(8-3,15-4)13(17)18/h12,15H,6-11H2,1-5H3,(H,17,18). The van der Waals surface area contributed by atoms with E-state index in [0.29, 0.717) is 18.9 Å². The van der Waals surface area contributed by atoms with Crippen LogP contribution in [0.3, 0.4) is 0 Å². The van der Waals surface area contributed by atoms with Crippen molar-refractivity contribution in [3.63, 3.8) is 0 Å². The third kappa shape index (κ3) is 4.58. The fourth-order valence-electron chi connectivity index (χ4n) is 2.57. The molecule has 0 aliphatic rings. The summed E-state index contributed by atoms with van der Waals surface area (Å²) < 4.78 is 0. The van der Waals surface area contributed by atoms with E-state index in [1.165, 1.54) is 0 Å². The van der Waals surface area contributed by atoms with E-state index in [-0.39, 0.29) is 0 Å². The van der Waals surface area contributed by atoms with Gasteiger partial charge in [0.15, 0.2) is 0 Å². The molecule has 0 aliphatic heterocycles. The van der Waals surface area contributed by atoms with Crippen molar-refractivity contribution in [3.8, 4) is 0 Å². The Hall–Kier alpha value is -0.610. The Labute approximate surface area is 112 Å². The van der Waals surface area contributed by atoms with E-state index in [1.54, 1.807) is 7.05 Å². The zero-order valence-corrected chi connectivity index (χ0v) is 12.6. The van der Waals surface area contributed by atoms with E-state index in [9.17, 15) is 9.90 Å². The molecule has 0 heterocycles. The minimum absolute atomic E-state index is 0.612. The zero-order valence-electron chi connectivity index (χ0n) is 12.6. The van der Waals surface area contributed by atoms with Gasteiger partial charge >= 0.3 is 5.97 Å². The first-order chi connectivity index (χ1) is 8.47. The summed E-state index contributed by atoms with van der Waals surface area (Å²) in [5.41, 5.74) is -0.755. The van der Waals surface area contributed by atoms with Gasteiger partial charge in [-0.3, -0.25) is 4.79 Å². The smallest absolute Gasteiger partial charge is 0.323 e. The molecule has 0 spiro atoms. The zero-order chi connectivity index (χ0) is 14.2. The van der Waals surface area contributed by atoms with Crippen molar-refractivity contribution in [2.75, 3.05) is 20.6 Å². The van der Waals surface area contributed by atoms with Crippen molar-refractivity contribution in [2.24, 2.45) is 0 Å². The van der Waals surface area contributed by atoms with E-state index in [2.05, 4.69) is 31.1 Å². The van der Waals surface area contributed by atoms with Crippen LogP contribution in [-0.4, -0.2) is 48.2 Å². The second kappa shape index (κ2) is 8.48. The average Bonchev–Trinajstić information content (AvgIpc) is 2.36. The second-order valence-corrected chi connectivity index (χ2v) is 5.05. The molecule has 0 aromatic heterocycles. The number of carbonyl (C=O) groups is 1. The highest BCUT2D eigenvalue weighted by Crippen LogP contribution is 2.18. The summed E-state index contributed by atoms with van der Waals surface area (Å²) in [6, 6.07) is 0.612. The van der Waals surface area contributed by atoms with Gasteiger partial charge in [-0.2, -0.15) is 0 Å². The monoisotopic (exact) mass is 258 g/mol. The molecule has 0 bridgehead atoms. The minimum Gasteiger partial charge on any atom is -0.480 e. The number of nitrogens with zero attached hydrogens (tertiary/aromatic N) is 1. The first-order valence-electron chi connectivity index (χ1n) is 7.09. The normalized spacial score (nSPS) is 15.1. The maximum Gasteiger partial charge on any atom is 0.323 e.